The molecular formula is C12H23NO3S. The number of thioether (sulfide) groups is 1. The van der Waals surface area contributed by atoms with Gasteiger partial charge < -0.3 is 10.4 Å². The van der Waals surface area contributed by atoms with Crippen LogP contribution in [0.1, 0.15) is 41.0 Å². The van der Waals surface area contributed by atoms with Gasteiger partial charge in [0, 0.05) is 22.5 Å². The molecule has 0 aromatic carbocycles. The number of aliphatic carboxylic acids is 1. The molecule has 0 aromatic rings. The maximum atomic E-state index is 11.9. The molecule has 2 N–H and O–H groups in total. The van der Waals surface area contributed by atoms with E-state index in [4.69, 9.17) is 5.11 Å². The van der Waals surface area contributed by atoms with Gasteiger partial charge >= 0.3 is 5.97 Å². The number of amides is 1. The Labute approximate surface area is 108 Å². The topological polar surface area (TPSA) is 66.4 Å². The molecule has 4 nitrogen and oxygen atoms in total. The molecule has 0 spiro atoms. The van der Waals surface area contributed by atoms with Crippen molar-refractivity contribution < 1.29 is 14.7 Å². The summed E-state index contributed by atoms with van der Waals surface area (Å²) in [6.45, 7) is 9.68. The first-order chi connectivity index (χ1) is 7.66. The van der Waals surface area contributed by atoms with E-state index in [-0.39, 0.29) is 29.0 Å². The first-order valence-electron chi connectivity index (χ1n) is 5.83. The summed E-state index contributed by atoms with van der Waals surface area (Å²) in [6, 6.07) is 0.129. The van der Waals surface area contributed by atoms with Crippen LogP contribution in [0.2, 0.25) is 0 Å². The summed E-state index contributed by atoms with van der Waals surface area (Å²) in [5.41, 5.74) is 0. The Morgan fingerprint density at radius 3 is 2.24 bits per heavy atom. The largest absolute Gasteiger partial charge is 0.481 e. The summed E-state index contributed by atoms with van der Waals surface area (Å²) in [4.78, 5) is 22.3. The van der Waals surface area contributed by atoms with E-state index in [0.29, 0.717) is 5.75 Å². The van der Waals surface area contributed by atoms with Crippen molar-refractivity contribution in [2.45, 2.75) is 51.8 Å². The number of carboxylic acids is 1. The minimum Gasteiger partial charge on any atom is -0.481 e. The minimum atomic E-state index is -0.799. The highest BCUT2D eigenvalue weighted by Gasteiger charge is 2.32. The normalized spacial score (nSPS) is 13.5. The number of carbonyl (C=O) groups is 2. The summed E-state index contributed by atoms with van der Waals surface area (Å²) in [7, 11) is 0. The molecule has 100 valence electrons. The van der Waals surface area contributed by atoms with E-state index in [1.54, 1.807) is 0 Å². The van der Waals surface area contributed by atoms with Crippen LogP contribution in [0.25, 0.3) is 0 Å². The van der Waals surface area contributed by atoms with E-state index in [0.717, 1.165) is 0 Å². The van der Waals surface area contributed by atoms with Gasteiger partial charge in [0.1, 0.15) is 0 Å². The van der Waals surface area contributed by atoms with Crippen LogP contribution in [-0.2, 0) is 9.59 Å². The summed E-state index contributed by atoms with van der Waals surface area (Å²) < 4.78 is -0.256. The SMILES string of the molecule is CC(C)NC(=O)C(C)C(C)(C)SCCC(=O)O. The monoisotopic (exact) mass is 261 g/mol. The third-order valence-corrected chi connectivity index (χ3v) is 4.16. The fourth-order valence-corrected chi connectivity index (χ4v) is 2.41. The van der Waals surface area contributed by atoms with Crippen molar-refractivity contribution in [2.24, 2.45) is 5.92 Å². The third-order valence-electron chi connectivity index (χ3n) is 2.66. The van der Waals surface area contributed by atoms with Gasteiger partial charge in [0.05, 0.1) is 6.42 Å². The van der Waals surface area contributed by atoms with Crippen LogP contribution in [0.3, 0.4) is 0 Å². The standard InChI is InChI=1S/C12H23NO3S/c1-8(2)13-11(16)9(3)12(4,5)17-7-6-10(14)15/h8-9H,6-7H2,1-5H3,(H,13,16)(H,14,15). The second-order valence-electron chi connectivity index (χ2n) is 4.98. The van der Waals surface area contributed by atoms with Crippen molar-refractivity contribution in [3.8, 4) is 0 Å². The quantitative estimate of drug-likeness (QED) is 0.737. The zero-order valence-electron chi connectivity index (χ0n) is 11.2. The smallest absolute Gasteiger partial charge is 0.304 e. The average Bonchev–Trinajstić information content (AvgIpc) is 2.14. The number of hydrogen-bond donors (Lipinski definition) is 2. The van der Waals surface area contributed by atoms with Gasteiger partial charge in [-0.25, -0.2) is 0 Å². The number of rotatable bonds is 7. The predicted molar refractivity (Wildman–Crippen MR) is 71.2 cm³/mol. The maximum Gasteiger partial charge on any atom is 0.304 e. The average molecular weight is 261 g/mol. The first kappa shape index (κ1) is 16.3. The lowest BCUT2D eigenvalue weighted by Gasteiger charge is -2.30. The fourth-order valence-electron chi connectivity index (χ4n) is 1.25. The Kier molecular flexibility index (Phi) is 6.60. The van der Waals surface area contributed by atoms with Crippen LogP contribution in [0.4, 0.5) is 0 Å². The highest BCUT2D eigenvalue weighted by Crippen LogP contribution is 2.33. The Morgan fingerprint density at radius 2 is 1.82 bits per heavy atom. The lowest BCUT2D eigenvalue weighted by molar-refractivity contribution is -0.136. The van der Waals surface area contributed by atoms with Gasteiger partial charge in [0.25, 0.3) is 0 Å². The van der Waals surface area contributed by atoms with E-state index >= 15 is 0 Å². The van der Waals surface area contributed by atoms with Gasteiger partial charge in [-0.2, -0.15) is 11.8 Å². The van der Waals surface area contributed by atoms with Gasteiger partial charge in [0.15, 0.2) is 0 Å². The van der Waals surface area contributed by atoms with Crippen LogP contribution in [0.5, 0.6) is 0 Å². The van der Waals surface area contributed by atoms with Crippen molar-refractivity contribution in [1.29, 1.82) is 0 Å². The minimum absolute atomic E-state index is 0.0211. The molecule has 0 aliphatic carbocycles. The van der Waals surface area contributed by atoms with Crippen LogP contribution in [0, 0.1) is 5.92 Å². The van der Waals surface area contributed by atoms with Gasteiger partial charge in [-0.15, -0.1) is 0 Å². The second kappa shape index (κ2) is 6.89. The molecule has 0 aromatic heterocycles. The van der Waals surface area contributed by atoms with Crippen LogP contribution in [0.15, 0.2) is 0 Å². The van der Waals surface area contributed by atoms with Crippen molar-refractivity contribution >= 4 is 23.6 Å². The highest BCUT2D eigenvalue weighted by atomic mass is 32.2. The molecule has 0 saturated carbocycles. The van der Waals surface area contributed by atoms with Gasteiger partial charge in [-0.3, -0.25) is 9.59 Å². The molecule has 1 amide bonds. The number of hydrogen-bond acceptors (Lipinski definition) is 3. The molecule has 0 radical (unpaired) electrons. The van der Waals surface area contributed by atoms with E-state index in [9.17, 15) is 9.59 Å². The summed E-state index contributed by atoms with van der Waals surface area (Å²) in [6.07, 6.45) is 0.132. The molecule has 0 aliphatic heterocycles. The summed E-state index contributed by atoms with van der Waals surface area (Å²) >= 11 is 1.53. The molecule has 1 unspecified atom stereocenters. The second-order valence-corrected chi connectivity index (χ2v) is 6.73. The van der Waals surface area contributed by atoms with Crippen LogP contribution >= 0.6 is 11.8 Å². The zero-order chi connectivity index (χ0) is 13.6. The first-order valence-corrected chi connectivity index (χ1v) is 6.81. The van der Waals surface area contributed by atoms with Crippen molar-refractivity contribution in [1.82, 2.24) is 5.32 Å². The predicted octanol–water partition coefficient (Wildman–Crippen LogP) is 2.13. The Hall–Kier alpha value is -0.710. The molecule has 5 heteroatoms. The van der Waals surface area contributed by atoms with Crippen LogP contribution in [-0.4, -0.2) is 33.5 Å². The Bertz CT molecular complexity index is 277. The number of nitrogens with one attached hydrogen (secondary N) is 1. The fraction of sp³-hybridized carbons (Fsp3) is 0.833. The summed E-state index contributed by atoms with van der Waals surface area (Å²) in [5.74, 6) is -0.397. The zero-order valence-corrected chi connectivity index (χ0v) is 12.1. The third kappa shape index (κ3) is 6.56. The van der Waals surface area contributed by atoms with E-state index in [1.807, 2.05) is 34.6 Å². The molecule has 0 fully saturated rings. The molecule has 1 atom stereocenters. The van der Waals surface area contributed by atoms with Crippen molar-refractivity contribution in [2.75, 3.05) is 5.75 Å². The molecule has 17 heavy (non-hydrogen) atoms. The Morgan fingerprint density at radius 1 is 1.29 bits per heavy atom. The molecular weight excluding hydrogens is 238 g/mol. The van der Waals surface area contributed by atoms with Gasteiger partial charge in [-0.1, -0.05) is 6.92 Å². The molecule has 0 aliphatic rings. The number of carboxylic acid groups (broad SMARTS) is 1. The van der Waals surface area contributed by atoms with Gasteiger partial charge in [-0.05, 0) is 27.7 Å². The highest BCUT2D eigenvalue weighted by molar-refractivity contribution is 8.00. The molecule has 0 rings (SSSR count). The van der Waals surface area contributed by atoms with Crippen LogP contribution < -0.4 is 5.32 Å². The number of carbonyl (C=O) groups excluding carboxylic acids is 1. The van der Waals surface area contributed by atoms with Gasteiger partial charge in [0.2, 0.25) is 5.91 Å². The Balaban J connectivity index is 4.27. The lowest BCUT2D eigenvalue weighted by atomic mass is 9.96. The molecule has 0 saturated heterocycles. The summed E-state index contributed by atoms with van der Waals surface area (Å²) in [5, 5.41) is 11.5. The maximum absolute atomic E-state index is 11.9. The van der Waals surface area contributed by atoms with Crippen molar-refractivity contribution in [3.63, 3.8) is 0 Å². The molecule has 0 heterocycles. The lowest BCUT2D eigenvalue weighted by Crippen LogP contribution is -2.42. The van der Waals surface area contributed by atoms with E-state index in [1.165, 1.54) is 11.8 Å². The van der Waals surface area contributed by atoms with E-state index < -0.39 is 5.97 Å². The van der Waals surface area contributed by atoms with Crippen molar-refractivity contribution in [3.05, 3.63) is 0 Å². The van der Waals surface area contributed by atoms with E-state index in [2.05, 4.69) is 5.32 Å². The molecule has 0 bridgehead atoms.